The van der Waals surface area contributed by atoms with Gasteiger partial charge in [-0.25, -0.2) is 0 Å². The minimum absolute atomic E-state index is 0.170. The summed E-state index contributed by atoms with van der Waals surface area (Å²) in [5, 5.41) is 2.92. The number of likely N-dealkylation sites (N-methyl/N-ethyl adjacent to an activating group) is 1. The van der Waals surface area contributed by atoms with Gasteiger partial charge in [0, 0.05) is 21.6 Å². The second-order valence-electron chi connectivity index (χ2n) is 6.62. The van der Waals surface area contributed by atoms with Crippen LogP contribution in [0.15, 0.2) is 52.3 Å². The number of thioether (sulfide) groups is 1. The van der Waals surface area contributed by atoms with Crippen LogP contribution in [0.4, 0.5) is 5.69 Å². The minimum Gasteiger partial charge on any atom is -0.367 e. The maximum atomic E-state index is 12.6. The summed E-state index contributed by atoms with van der Waals surface area (Å²) in [7, 11) is 1.67. The van der Waals surface area contributed by atoms with Crippen molar-refractivity contribution in [1.82, 2.24) is 4.90 Å². The highest BCUT2D eigenvalue weighted by molar-refractivity contribution is 8.02. The third-order valence-electron chi connectivity index (χ3n) is 5.07. The molecule has 0 bridgehead atoms. The lowest BCUT2D eigenvalue weighted by atomic mass is 10.0. The number of carbonyl (C=O) groups excluding carboxylic acids is 3. The highest BCUT2D eigenvalue weighted by atomic mass is 32.2. The largest absolute Gasteiger partial charge is 0.367 e. The molecule has 3 amide bonds. The van der Waals surface area contributed by atoms with E-state index in [1.54, 1.807) is 18.0 Å². The maximum absolute atomic E-state index is 12.6. The molecule has 5 N–H and O–H groups in total. The summed E-state index contributed by atoms with van der Waals surface area (Å²) in [5.74, 6) is -1.23. The molecule has 2 aliphatic heterocycles. The van der Waals surface area contributed by atoms with E-state index in [2.05, 4.69) is 5.32 Å². The quantitative estimate of drug-likeness (QED) is 0.659. The molecule has 1 saturated heterocycles. The van der Waals surface area contributed by atoms with Crippen LogP contribution in [0.2, 0.25) is 0 Å². The number of hydrogen-bond acceptors (Lipinski definition) is 6. The molecule has 28 heavy (non-hydrogen) atoms. The number of para-hydroxylation sites is 1. The van der Waals surface area contributed by atoms with Gasteiger partial charge in [0.05, 0.1) is 11.3 Å². The Kier molecular flexibility index (Phi) is 4.60. The van der Waals surface area contributed by atoms with Gasteiger partial charge in [0.15, 0.2) is 0 Å². The van der Waals surface area contributed by atoms with Gasteiger partial charge < -0.3 is 16.8 Å². The number of primary amides is 2. The van der Waals surface area contributed by atoms with Gasteiger partial charge in [-0.3, -0.25) is 19.3 Å². The number of hydrogen-bond donors (Lipinski definition) is 3. The van der Waals surface area contributed by atoms with Crippen LogP contribution in [-0.2, 0) is 9.59 Å². The van der Waals surface area contributed by atoms with Crippen LogP contribution in [-0.4, -0.2) is 40.3 Å². The van der Waals surface area contributed by atoms with Crippen LogP contribution in [0.1, 0.15) is 22.0 Å². The molecule has 2 heterocycles. The summed E-state index contributed by atoms with van der Waals surface area (Å²) in [4.78, 5) is 38.4. The zero-order valence-electron chi connectivity index (χ0n) is 15.0. The van der Waals surface area contributed by atoms with E-state index >= 15 is 0 Å². The molecule has 0 aromatic heterocycles. The van der Waals surface area contributed by atoms with Gasteiger partial charge in [0.1, 0.15) is 0 Å². The third kappa shape index (κ3) is 2.78. The molecular formula is C19H18N4O3S2. The summed E-state index contributed by atoms with van der Waals surface area (Å²) >= 11 is 2.64. The van der Waals surface area contributed by atoms with Gasteiger partial charge in [0.2, 0.25) is 4.87 Å². The summed E-state index contributed by atoms with van der Waals surface area (Å²) in [6, 6.07) is 12.9. The van der Waals surface area contributed by atoms with E-state index in [1.165, 1.54) is 11.8 Å². The molecule has 2 aromatic rings. The van der Waals surface area contributed by atoms with E-state index in [1.807, 2.05) is 36.4 Å². The first-order valence-corrected chi connectivity index (χ1v) is 10.3. The van der Waals surface area contributed by atoms with E-state index in [4.69, 9.17) is 11.5 Å². The van der Waals surface area contributed by atoms with Crippen LogP contribution in [0, 0.1) is 0 Å². The van der Waals surface area contributed by atoms with Crippen molar-refractivity contribution in [1.29, 1.82) is 0 Å². The number of rotatable bonds is 3. The Hall–Kier alpha value is -2.49. The second-order valence-corrected chi connectivity index (χ2v) is 8.91. The Balaban J connectivity index is 1.73. The molecule has 1 fully saturated rings. The van der Waals surface area contributed by atoms with Crippen LogP contribution in [0.25, 0.3) is 0 Å². The lowest BCUT2D eigenvalue weighted by molar-refractivity contribution is -0.135. The number of carbonyl (C=O) groups is 3. The highest BCUT2D eigenvalue weighted by Gasteiger charge is 2.55. The number of fused-ring (bicyclic) bond motifs is 2. The summed E-state index contributed by atoms with van der Waals surface area (Å²) in [5.41, 5.74) is 13.2. The lowest BCUT2D eigenvalue weighted by Crippen LogP contribution is -2.59. The molecule has 2 aromatic carbocycles. The van der Waals surface area contributed by atoms with Gasteiger partial charge >= 0.3 is 0 Å². The van der Waals surface area contributed by atoms with Crippen molar-refractivity contribution >= 4 is 46.9 Å². The Bertz CT molecular complexity index is 996. The monoisotopic (exact) mass is 414 g/mol. The number of amides is 3. The molecule has 1 unspecified atom stereocenters. The van der Waals surface area contributed by atoms with Crippen LogP contribution in [0.5, 0.6) is 0 Å². The number of nitrogens with two attached hydrogens (primary N) is 2. The average Bonchev–Trinajstić information content (AvgIpc) is 2.94. The number of nitrogens with zero attached hydrogens (tertiary/aromatic N) is 1. The van der Waals surface area contributed by atoms with Crippen molar-refractivity contribution in [3.63, 3.8) is 0 Å². The van der Waals surface area contributed by atoms with E-state index in [9.17, 15) is 14.4 Å². The predicted octanol–water partition coefficient (Wildman–Crippen LogP) is 1.79. The van der Waals surface area contributed by atoms with Gasteiger partial charge in [-0.05, 0) is 36.9 Å². The van der Waals surface area contributed by atoms with E-state index in [-0.39, 0.29) is 11.9 Å². The van der Waals surface area contributed by atoms with Gasteiger partial charge in [-0.1, -0.05) is 30.0 Å². The van der Waals surface area contributed by atoms with Crippen molar-refractivity contribution in [2.24, 2.45) is 11.5 Å². The Labute approximate surface area is 170 Å². The molecule has 7 nitrogen and oxygen atoms in total. The standard InChI is InChI=1S/C19H18N4O3S2/c1-23-13(9-27-19(23,17(20)25)18(21)26)10-6-7-11-15(8-10)28-14-5-3-2-4-12(14)22-16(11)24/h2-8,13H,9H2,1H3,(H2,20,25)(H2,21,26)(H,22,24). The fourth-order valence-corrected chi connectivity index (χ4v) is 6.06. The topological polar surface area (TPSA) is 119 Å². The molecule has 0 spiro atoms. The molecular weight excluding hydrogens is 396 g/mol. The zero-order chi connectivity index (χ0) is 20.1. The van der Waals surface area contributed by atoms with Gasteiger partial charge in [-0.15, -0.1) is 11.8 Å². The molecule has 144 valence electrons. The molecule has 0 saturated carbocycles. The van der Waals surface area contributed by atoms with Crippen molar-refractivity contribution in [3.05, 3.63) is 53.6 Å². The summed E-state index contributed by atoms with van der Waals surface area (Å²) < 4.78 is 0. The molecule has 2 aliphatic rings. The normalized spacial score (nSPS) is 20.6. The van der Waals surface area contributed by atoms with Gasteiger partial charge in [-0.2, -0.15) is 0 Å². The Morgan fingerprint density at radius 1 is 1.14 bits per heavy atom. The SMILES string of the molecule is CN1C(c2ccc3c(c2)Sc2ccccc2NC3=O)CSC1(C(N)=O)C(N)=O. The molecule has 0 aliphatic carbocycles. The first kappa shape index (κ1) is 18.9. The number of benzene rings is 2. The smallest absolute Gasteiger partial charge is 0.258 e. The molecule has 1 atom stereocenters. The Morgan fingerprint density at radius 2 is 1.86 bits per heavy atom. The molecule has 9 heteroatoms. The molecule has 4 rings (SSSR count). The van der Waals surface area contributed by atoms with E-state index < -0.39 is 16.7 Å². The minimum atomic E-state index is -1.57. The van der Waals surface area contributed by atoms with Crippen molar-refractivity contribution in [3.8, 4) is 0 Å². The fourth-order valence-electron chi connectivity index (χ4n) is 3.55. The van der Waals surface area contributed by atoms with Crippen molar-refractivity contribution in [2.45, 2.75) is 20.7 Å². The van der Waals surface area contributed by atoms with Crippen LogP contribution < -0.4 is 16.8 Å². The lowest BCUT2D eigenvalue weighted by Gasteiger charge is -2.32. The van der Waals surface area contributed by atoms with Crippen LogP contribution >= 0.6 is 23.5 Å². The average molecular weight is 415 g/mol. The number of anilines is 1. The van der Waals surface area contributed by atoms with E-state index in [0.29, 0.717) is 11.3 Å². The first-order chi connectivity index (χ1) is 13.3. The van der Waals surface area contributed by atoms with Gasteiger partial charge in [0.25, 0.3) is 17.7 Å². The number of nitrogens with one attached hydrogen (secondary N) is 1. The summed E-state index contributed by atoms with van der Waals surface area (Å²) in [6.45, 7) is 0. The fraction of sp³-hybridized carbons (Fsp3) is 0.211. The maximum Gasteiger partial charge on any atom is 0.258 e. The Morgan fingerprint density at radius 3 is 2.54 bits per heavy atom. The molecule has 0 radical (unpaired) electrons. The summed E-state index contributed by atoms with van der Waals surface area (Å²) in [6.07, 6.45) is 0. The second kappa shape index (κ2) is 6.84. The van der Waals surface area contributed by atoms with Crippen LogP contribution in [0.3, 0.4) is 0 Å². The van der Waals surface area contributed by atoms with Crippen molar-refractivity contribution in [2.75, 3.05) is 18.1 Å². The highest BCUT2D eigenvalue weighted by Crippen LogP contribution is 2.46. The predicted molar refractivity (Wildman–Crippen MR) is 109 cm³/mol. The zero-order valence-corrected chi connectivity index (χ0v) is 16.6. The first-order valence-electron chi connectivity index (χ1n) is 8.53. The third-order valence-corrected chi connectivity index (χ3v) is 7.80. The van der Waals surface area contributed by atoms with Crippen molar-refractivity contribution < 1.29 is 14.4 Å². The van der Waals surface area contributed by atoms with E-state index in [0.717, 1.165) is 32.8 Å².